The number of fused-ring (bicyclic) bond motifs is 2. The zero-order chi connectivity index (χ0) is 35.3. The fourth-order valence-corrected chi connectivity index (χ4v) is 20.6. The summed E-state index contributed by atoms with van der Waals surface area (Å²) < 4.78 is 0. The van der Waals surface area contributed by atoms with E-state index in [-0.39, 0.29) is 25.7 Å². The Morgan fingerprint density at radius 3 is 1.78 bits per heavy atom. The van der Waals surface area contributed by atoms with E-state index in [9.17, 15) is 0 Å². The van der Waals surface area contributed by atoms with Crippen LogP contribution in [0.3, 0.4) is 0 Å². The molecule has 2 aromatic carbocycles. The van der Waals surface area contributed by atoms with Gasteiger partial charge in [-0.2, -0.15) is 0 Å². The van der Waals surface area contributed by atoms with Crippen molar-refractivity contribution in [3.63, 3.8) is 0 Å². The van der Waals surface area contributed by atoms with Crippen molar-refractivity contribution < 1.29 is 20.8 Å². The minimum atomic E-state index is -1.63. The van der Waals surface area contributed by atoms with Gasteiger partial charge in [0, 0.05) is 5.25 Å². The Morgan fingerprint density at radius 2 is 1.28 bits per heavy atom. The Bertz CT molecular complexity index is 1420. The molecule has 0 saturated heterocycles. The van der Waals surface area contributed by atoms with Crippen LogP contribution in [0.5, 0.6) is 0 Å². The molecule has 0 bridgehead atoms. The third-order valence-electron chi connectivity index (χ3n) is 13.5. The van der Waals surface area contributed by atoms with E-state index in [2.05, 4.69) is 143 Å². The van der Waals surface area contributed by atoms with Crippen LogP contribution in [0.1, 0.15) is 130 Å². The Balaban J connectivity index is 0.00000131. The van der Waals surface area contributed by atoms with Gasteiger partial charge in [-0.25, -0.2) is 0 Å². The topological polar surface area (TPSA) is 0 Å². The molecule has 278 valence electrons. The van der Waals surface area contributed by atoms with Gasteiger partial charge >= 0.3 is 37.9 Å². The van der Waals surface area contributed by atoms with Crippen molar-refractivity contribution in [1.82, 2.24) is 0 Å². The number of hydrogen-bond donors (Lipinski definition) is 0. The number of hydrogen-bond acceptors (Lipinski definition) is 1. The van der Waals surface area contributed by atoms with Crippen LogP contribution < -0.4 is 0 Å². The van der Waals surface area contributed by atoms with Crippen LogP contribution in [0.2, 0.25) is 24.2 Å². The molecule has 4 aliphatic rings. The standard InChI is InChI=1S/C43H64SSi.2CH3.2ClH.Zr/c1-26(2)35-25-36-33(29-16-20-31(21-17-29)42(5,6)7)14-13-15-34(36)41(35)45(11,12)40-27(3)24-37-38(28(4)44-39(37)40)30-18-22-32(23-19-30)43(8,9)10;;;;;/h16-23,26-27,33-37,39-41H,13-15,24-25H2,1-12H3;2*1H3;2*1H;/q;2*-1;;;+4/p-2. The minimum absolute atomic E-state index is 0. The summed E-state index contributed by atoms with van der Waals surface area (Å²) in [5.41, 5.74) is 10.1. The van der Waals surface area contributed by atoms with E-state index in [1.165, 1.54) is 48.8 Å². The maximum absolute atomic E-state index is 4.93. The van der Waals surface area contributed by atoms with E-state index in [0.717, 1.165) is 57.8 Å². The van der Waals surface area contributed by atoms with E-state index >= 15 is 0 Å². The molecule has 0 amide bonds. The Morgan fingerprint density at radius 1 is 0.760 bits per heavy atom. The summed E-state index contributed by atoms with van der Waals surface area (Å²) in [7, 11) is 8.24. The van der Waals surface area contributed by atoms with Crippen molar-refractivity contribution in [1.29, 1.82) is 0 Å². The molecule has 0 spiro atoms. The summed E-state index contributed by atoms with van der Waals surface area (Å²) in [6, 6.07) is 19.7. The number of halogens is 2. The molecule has 50 heavy (non-hydrogen) atoms. The van der Waals surface area contributed by atoms with Gasteiger partial charge in [-0.3, -0.25) is 0 Å². The van der Waals surface area contributed by atoms with Crippen molar-refractivity contribution in [2.24, 2.45) is 35.5 Å². The third-order valence-corrected chi connectivity index (χ3v) is 20.4. The maximum atomic E-state index is 4.93. The number of allylic oxidation sites excluding steroid dienone is 2. The summed E-state index contributed by atoms with van der Waals surface area (Å²) >= 11 is 1.47. The van der Waals surface area contributed by atoms with E-state index in [4.69, 9.17) is 17.0 Å². The number of benzene rings is 2. The van der Waals surface area contributed by atoms with Gasteiger partial charge in [-0.15, -0.1) is 11.8 Å². The van der Waals surface area contributed by atoms with Gasteiger partial charge in [-0.05, 0) is 122 Å². The van der Waals surface area contributed by atoms with Crippen LogP contribution >= 0.6 is 28.8 Å². The number of rotatable bonds is 5. The average Bonchev–Trinajstić information content (AvgIpc) is 3.65. The van der Waals surface area contributed by atoms with Crippen LogP contribution in [-0.4, -0.2) is 13.3 Å². The van der Waals surface area contributed by atoms with Crippen molar-refractivity contribution in [2.45, 2.75) is 148 Å². The molecule has 1 heterocycles. The molecule has 9 unspecified atom stereocenters. The second-order valence-electron chi connectivity index (χ2n) is 19.0. The quantitative estimate of drug-likeness (QED) is 0.214. The van der Waals surface area contributed by atoms with Crippen molar-refractivity contribution in [3.05, 3.63) is 90.5 Å². The Hall–Kier alpha value is 0.210. The van der Waals surface area contributed by atoms with E-state index < -0.39 is 28.9 Å². The van der Waals surface area contributed by atoms with Gasteiger partial charge in [-0.1, -0.05) is 137 Å². The van der Waals surface area contributed by atoms with Crippen LogP contribution in [0, 0.1) is 50.4 Å². The monoisotopic (exact) mass is 830 g/mol. The Labute approximate surface area is 334 Å². The average molecular weight is 833 g/mol. The van der Waals surface area contributed by atoms with Gasteiger partial charge < -0.3 is 14.9 Å². The van der Waals surface area contributed by atoms with Gasteiger partial charge in [0.25, 0.3) is 0 Å². The van der Waals surface area contributed by atoms with Crippen LogP contribution in [-0.2, 0) is 31.7 Å². The van der Waals surface area contributed by atoms with Crippen LogP contribution in [0.4, 0.5) is 0 Å². The fraction of sp³-hybridized carbons (Fsp3) is 0.644. The zero-order valence-corrected chi connectivity index (χ0v) is 39.9. The first kappa shape index (κ1) is 44.6. The summed E-state index contributed by atoms with van der Waals surface area (Å²) in [4.78, 5) is 1.62. The summed E-state index contributed by atoms with van der Waals surface area (Å²) in [5.74, 6) is 5.82. The molecule has 3 saturated carbocycles. The first-order valence-corrected chi connectivity index (χ1v) is 29.3. The normalized spacial score (nSPS) is 30.8. The molecule has 1 aliphatic heterocycles. The molecular formula is C45H70Cl2SSiZr. The van der Waals surface area contributed by atoms with Gasteiger partial charge in [0.1, 0.15) is 0 Å². The molecule has 6 rings (SSSR count). The Kier molecular flexibility index (Phi) is 15.5. The molecular weight excluding hydrogens is 763 g/mol. The first-order valence-electron chi connectivity index (χ1n) is 19.0. The van der Waals surface area contributed by atoms with E-state index in [1.54, 1.807) is 16.0 Å². The molecule has 2 aromatic rings. The first-order chi connectivity index (χ1) is 22.4. The molecule has 3 fully saturated rings. The molecule has 5 heteroatoms. The fourth-order valence-electron chi connectivity index (χ4n) is 11.5. The SMILES string of the molecule is CC1=C(c2ccc(C(C)(C)C)cc2)C2CC(C)C([Si](C)(C)C3C(C(C)C)CC4C(c5ccc(C(C)(C)C)cc5)CCCC43)C2S1.[CH3-].[CH3-].[Cl][Zr+2][Cl]. The molecule has 0 nitrogen and oxygen atoms in total. The molecule has 0 aromatic heterocycles. The predicted molar refractivity (Wildman–Crippen MR) is 228 cm³/mol. The van der Waals surface area contributed by atoms with E-state index in [1.807, 2.05) is 0 Å². The zero-order valence-electron chi connectivity index (χ0n) is 34.1. The molecule has 3 aliphatic carbocycles. The van der Waals surface area contributed by atoms with Crippen molar-refractivity contribution in [2.75, 3.05) is 0 Å². The van der Waals surface area contributed by atoms with Gasteiger partial charge in [0.15, 0.2) is 0 Å². The third kappa shape index (κ3) is 8.85. The van der Waals surface area contributed by atoms with Gasteiger partial charge in [0.2, 0.25) is 0 Å². The van der Waals surface area contributed by atoms with Crippen molar-refractivity contribution in [3.8, 4) is 0 Å². The molecule has 9 atom stereocenters. The summed E-state index contributed by atoms with van der Waals surface area (Å²) in [6.07, 6.45) is 7.17. The second-order valence-corrected chi connectivity index (χ2v) is 29.1. The molecule has 0 radical (unpaired) electrons. The summed E-state index contributed by atoms with van der Waals surface area (Å²) in [6.45, 7) is 30.1. The second kappa shape index (κ2) is 17.3. The van der Waals surface area contributed by atoms with Crippen LogP contribution in [0.25, 0.3) is 5.57 Å². The molecule has 0 N–H and O–H groups in total. The number of thioether (sulfide) groups is 1. The van der Waals surface area contributed by atoms with E-state index in [0.29, 0.717) is 0 Å². The predicted octanol–water partition coefficient (Wildman–Crippen LogP) is 15.4. The van der Waals surface area contributed by atoms with Gasteiger partial charge in [0.05, 0.1) is 8.07 Å². The van der Waals surface area contributed by atoms with Crippen molar-refractivity contribution >= 4 is 42.4 Å². The summed E-state index contributed by atoms with van der Waals surface area (Å²) in [5, 5.41) is 0.787. The van der Waals surface area contributed by atoms with Crippen LogP contribution in [0.15, 0.2) is 53.4 Å².